The standard InChI is InChI=1S/C20H19N3O2/c1-2-15-8-10-17(11-9-15)14-19-22-23-20(25-19)21-18(24)13-12-16-6-4-3-5-7-16/h3-13H,2,14H2,1H3,(H,21,23,24)/b13-12+. The Labute approximate surface area is 146 Å². The van der Waals surface area contributed by atoms with Gasteiger partial charge in [-0.3, -0.25) is 10.1 Å². The number of benzene rings is 2. The Morgan fingerprint density at radius 3 is 2.48 bits per heavy atom. The van der Waals surface area contributed by atoms with Crippen molar-refractivity contribution in [3.8, 4) is 0 Å². The Kier molecular flexibility index (Phi) is 5.36. The fourth-order valence-corrected chi connectivity index (χ4v) is 2.33. The Morgan fingerprint density at radius 2 is 1.76 bits per heavy atom. The van der Waals surface area contributed by atoms with E-state index in [1.54, 1.807) is 6.08 Å². The van der Waals surface area contributed by atoms with Crippen molar-refractivity contribution in [1.82, 2.24) is 10.2 Å². The van der Waals surface area contributed by atoms with Gasteiger partial charge in [0.1, 0.15) is 0 Å². The van der Waals surface area contributed by atoms with Crippen molar-refractivity contribution in [2.24, 2.45) is 0 Å². The maximum Gasteiger partial charge on any atom is 0.322 e. The molecule has 5 heteroatoms. The summed E-state index contributed by atoms with van der Waals surface area (Å²) in [7, 11) is 0. The van der Waals surface area contributed by atoms with E-state index in [4.69, 9.17) is 4.42 Å². The van der Waals surface area contributed by atoms with Gasteiger partial charge in [0.05, 0.1) is 6.42 Å². The second-order valence-corrected chi connectivity index (χ2v) is 5.58. The monoisotopic (exact) mass is 333 g/mol. The van der Waals surface area contributed by atoms with Gasteiger partial charge in [-0.25, -0.2) is 0 Å². The van der Waals surface area contributed by atoms with Gasteiger partial charge in [-0.05, 0) is 29.2 Å². The second kappa shape index (κ2) is 8.06. The highest BCUT2D eigenvalue weighted by molar-refractivity contribution is 6.00. The molecule has 1 N–H and O–H groups in total. The lowest BCUT2D eigenvalue weighted by Gasteiger charge is -1.99. The first-order chi connectivity index (χ1) is 12.2. The van der Waals surface area contributed by atoms with Gasteiger partial charge in [0.25, 0.3) is 5.91 Å². The average Bonchev–Trinajstić information content (AvgIpc) is 3.08. The van der Waals surface area contributed by atoms with E-state index in [0.717, 1.165) is 17.5 Å². The van der Waals surface area contributed by atoms with Gasteiger partial charge in [-0.2, -0.15) is 0 Å². The summed E-state index contributed by atoms with van der Waals surface area (Å²) < 4.78 is 5.48. The van der Waals surface area contributed by atoms with E-state index >= 15 is 0 Å². The third kappa shape index (κ3) is 4.88. The summed E-state index contributed by atoms with van der Waals surface area (Å²) in [6.45, 7) is 2.12. The maximum absolute atomic E-state index is 11.9. The van der Waals surface area contributed by atoms with E-state index in [-0.39, 0.29) is 11.9 Å². The fraction of sp³-hybridized carbons (Fsp3) is 0.150. The van der Waals surface area contributed by atoms with Crippen LogP contribution in [0.5, 0.6) is 0 Å². The molecule has 3 rings (SSSR count). The SMILES string of the molecule is CCc1ccc(Cc2nnc(NC(=O)/C=C/c3ccccc3)o2)cc1. The summed E-state index contributed by atoms with van der Waals surface area (Å²) in [5.41, 5.74) is 3.31. The number of aromatic nitrogens is 2. The molecule has 0 aliphatic heterocycles. The second-order valence-electron chi connectivity index (χ2n) is 5.58. The largest absolute Gasteiger partial charge is 0.407 e. The zero-order valence-electron chi connectivity index (χ0n) is 14.0. The molecule has 1 amide bonds. The molecule has 25 heavy (non-hydrogen) atoms. The van der Waals surface area contributed by atoms with Crippen molar-refractivity contribution in [2.45, 2.75) is 19.8 Å². The number of hydrogen-bond donors (Lipinski definition) is 1. The number of carbonyl (C=O) groups is 1. The molecular weight excluding hydrogens is 314 g/mol. The molecule has 0 bridgehead atoms. The molecule has 3 aromatic rings. The number of nitrogens with one attached hydrogen (secondary N) is 1. The maximum atomic E-state index is 11.9. The van der Waals surface area contributed by atoms with E-state index < -0.39 is 0 Å². The van der Waals surface area contributed by atoms with Gasteiger partial charge in [0.15, 0.2) is 0 Å². The minimum absolute atomic E-state index is 0.0999. The quantitative estimate of drug-likeness (QED) is 0.695. The van der Waals surface area contributed by atoms with Crippen LogP contribution in [0.3, 0.4) is 0 Å². The average molecular weight is 333 g/mol. The number of amides is 1. The van der Waals surface area contributed by atoms with Crippen LogP contribution in [0.1, 0.15) is 29.5 Å². The summed E-state index contributed by atoms with van der Waals surface area (Å²) in [6, 6.07) is 17.9. The predicted molar refractivity (Wildman–Crippen MR) is 97.0 cm³/mol. The number of nitrogens with zero attached hydrogens (tertiary/aromatic N) is 2. The van der Waals surface area contributed by atoms with Crippen LogP contribution in [-0.4, -0.2) is 16.1 Å². The molecule has 126 valence electrons. The van der Waals surface area contributed by atoms with E-state index in [1.165, 1.54) is 11.6 Å². The fourth-order valence-electron chi connectivity index (χ4n) is 2.33. The highest BCUT2D eigenvalue weighted by Crippen LogP contribution is 2.13. The van der Waals surface area contributed by atoms with Gasteiger partial charge in [0, 0.05) is 6.08 Å². The Morgan fingerprint density at radius 1 is 1.04 bits per heavy atom. The normalized spacial score (nSPS) is 10.9. The topological polar surface area (TPSA) is 68.0 Å². The van der Waals surface area contributed by atoms with Crippen molar-refractivity contribution >= 4 is 18.0 Å². The molecule has 0 fully saturated rings. The molecule has 2 aromatic carbocycles. The van der Waals surface area contributed by atoms with Gasteiger partial charge in [-0.15, -0.1) is 5.10 Å². The smallest absolute Gasteiger partial charge is 0.322 e. The van der Waals surface area contributed by atoms with Crippen molar-refractivity contribution in [2.75, 3.05) is 5.32 Å². The number of hydrogen-bond acceptors (Lipinski definition) is 4. The molecule has 0 atom stereocenters. The first-order valence-corrected chi connectivity index (χ1v) is 8.17. The van der Waals surface area contributed by atoms with Crippen LogP contribution in [0.2, 0.25) is 0 Å². The minimum atomic E-state index is -0.314. The van der Waals surface area contributed by atoms with E-state index in [2.05, 4.69) is 34.6 Å². The Bertz CT molecular complexity index is 852. The highest BCUT2D eigenvalue weighted by atomic mass is 16.4. The Balaban J connectivity index is 1.57. The van der Waals surface area contributed by atoms with Crippen molar-refractivity contribution in [1.29, 1.82) is 0 Å². The van der Waals surface area contributed by atoms with Crippen LogP contribution < -0.4 is 5.32 Å². The number of carbonyl (C=O) groups excluding carboxylic acids is 1. The molecule has 0 aliphatic carbocycles. The summed E-state index contributed by atoms with van der Waals surface area (Å²) in [5.74, 6) is 0.151. The molecule has 0 saturated carbocycles. The zero-order valence-corrected chi connectivity index (χ0v) is 14.0. The summed E-state index contributed by atoms with van der Waals surface area (Å²) in [6.07, 6.45) is 4.70. The van der Waals surface area contributed by atoms with Gasteiger partial charge < -0.3 is 4.42 Å². The van der Waals surface area contributed by atoms with Crippen LogP contribution in [0, 0.1) is 0 Å². The number of anilines is 1. The van der Waals surface area contributed by atoms with Crippen LogP contribution >= 0.6 is 0 Å². The van der Waals surface area contributed by atoms with Crippen LogP contribution in [0.15, 0.2) is 65.1 Å². The van der Waals surface area contributed by atoms with Crippen molar-refractivity contribution < 1.29 is 9.21 Å². The third-order valence-electron chi connectivity index (χ3n) is 3.71. The van der Waals surface area contributed by atoms with Crippen LogP contribution in [-0.2, 0) is 17.6 Å². The molecule has 1 heterocycles. The molecular formula is C20H19N3O2. The summed E-state index contributed by atoms with van der Waals surface area (Å²) in [4.78, 5) is 11.9. The summed E-state index contributed by atoms with van der Waals surface area (Å²) in [5, 5.41) is 10.4. The lowest BCUT2D eigenvalue weighted by Crippen LogP contribution is -2.07. The lowest BCUT2D eigenvalue weighted by atomic mass is 10.1. The summed E-state index contributed by atoms with van der Waals surface area (Å²) >= 11 is 0. The molecule has 0 aliphatic rings. The number of rotatable bonds is 6. The minimum Gasteiger partial charge on any atom is -0.407 e. The van der Waals surface area contributed by atoms with Crippen LogP contribution in [0.4, 0.5) is 6.01 Å². The van der Waals surface area contributed by atoms with E-state index in [0.29, 0.717) is 12.3 Å². The lowest BCUT2D eigenvalue weighted by molar-refractivity contribution is -0.112. The Hall–Kier alpha value is -3.21. The predicted octanol–water partition coefficient (Wildman–Crippen LogP) is 3.87. The molecule has 0 radical (unpaired) electrons. The molecule has 0 unspecified atom stereocenters. The number of aryl methyl sites for hydroxylation is 1. The van der Waals surface area contributed by atoms with Crippen LogP contribution in [0.25, 0.3) is 6.08 Å². The van der Waals surface area contributed by atoms with Gasteiger partial charge in [-0.1, -0.05) is 66.6 Å². The third-order valence-corrected chi connectivity index (χ3v) is 3.71. The van der Waals surface area contributed by atoms with E-state index in [9.17, 15) is 4.79 Å². The molecule has 5 nitrogen and oxygen atoms in total. The molecule has 0 spiro atoms. The van der Waals surface area contributed by atoms with Crippen molar-refractivity contribution in [3.05, 3.63) is 83.3 Å². The highest BCUT2D eigenvalue weighted by Gasteiger charge is 2.08. The molecule has 0 saturated heterocycles. The molecule has 1 aromatic heterocycles. The van der Waals surface area contributed by atoms with Crippen molar-refractivity contribution in [3.63, 3.8) is 0 Å². The van der Waals surface area contributed by atoms with Gasteiger partial charge >= 0.3 is 6.01 Å². The zero-order chi connectivity index (χ0) is 17.5. The van der Waals surface area contributed by atoms with E-state index in [1.807, 2.05) is 42.5 Å². The van der Waals surface area contributed by atoms with Gasteiger partial charge in [0.2, 0.25) is 5.89 Å². The first kappa shape index (κ1) is 16.6. The first-order valence-electron chi connectivity index (χ1n) is 8.17.